The molecule has 0 spiro atoms. The molecule has 1 aromatic carbocycles. The van der Waals surface area contributed by atoms with Crippen LogP contribution in [-0.2, 0) is 9.59 Å². The first-order valence-electron chi connectivity index (χ1n) is 5.46. The molecule has 1 aromatic rings. The van der Waals surface area contributed by atoms with Crippen molar-refractivity contribution in [1.29, 1.82) is 0 Å². The van der Waals surface area contributed by atoms with Crippen molar-refractivity contribution in [2.24, 2.45) is 11.7 Å². The van der Waals surface area contributed by atoms with Gasteiger partial charge in [0.1, 0.15) is 5.75 Å². The second-order valence-electron chi connectivity index (χ2n) is 4.12. The maximum atomic E-state index is 11.9. The summed E-state index contributed by atoms with van der Waals surface area (Å²) in [5, 5.41) is 0.501. The van der Waals surface area contributed by atoms with Crippen LogP contribution in [0.25, 0.3) is 0 Å². The van der Waals surface area contributed by atoms with E-state index in [9.17, 15) is 9.59 Å². The fraction of sp³-hybridized carbons (Fsp3) is 0.333. The average Bonchev–Trinajstić information content (AvgIpc) is 2.71. The number of primary amides is 1. The molecule has 6 heteroatoms. The molecule has 5 nitrogen and oxygen atoms in total. The van der Waals surface area contributed by atoms with Crippen molar-refractivity contribution < 1.29 is 14.3 Å². The zero-order chi connectivity index (χ0) is 13.3. The number of carbonyl (C=O) groups excluding carboxylic acids is 2. The summed E-state index contributed by atoms with van der Waals surface area (Å²) in [5.74, 6) is -0.537. The molecule has 0 aromatic heterocycles. The first kappa shape index (κ1) is 12.7. The zero-order valence-corrected chi connectivity index (χ0v) is 10.6. The number of hydrogen-bond acceptors (Lipinski definition) is 3. The topological polar surface area (TPSA) is 72.6 Å². The van der Waals surface area contributed by atoms with Gasteiger partial charge in [0.15, 0.2) is 0 Å². The first-order chi connectivity index (χ1) is 8.52. The van der Waals surface area contributed by atoms with Crippen molar-refractivity contribution >= 4 is 29.1 Å². The van der Waals surface area contributed by atoms with Crippen LogP contribution in [0.4, 0.5) is 5.69 Å². The van der Waals surface area contributed by atoms with E-state index in [-0.39, 0.29) is 18.9 Å². The molecule has 0 unspecified atom stereocenters. The number of hydrogen-bond donors (Lipinski definition) is 1. The molecule has 0 radical (unpaired) electrons. The Hall–Kier alpha value is -1.75. The number of halogens is 1. The molecule has 1 saturated heterocycles. The van der Waals surface area contributed by atoms with Gasteiger partial charge in [-0.1, -0.05) is 11.6 Å². The molecule has 2 N–H and O–H groups in total. The lowest BCUT2D eigenvalue weighted by Crippen LogP contribution is -2.28. The number of ether oxygens (including phenoxy) is 1. The molecule has 2 amide bonds. The summed E-state index contributed by atoms with van der Waals surface area (Å²) in [6.45, 7) is 0.269. The van der Waals surface area contributed by atoms with E-state index < -0.39 is 11.8 Å². The lowest BCUT2D eigenvalue weighted by molar-refractivity contribution is -0.123. The van der Waals surface area contributed by atoms with Gasteiger partial charge < -0.3 is 15.4 Å². The third-order valence-corrected chi connectivity index (χ3v) is 3.19. The van der Waals surface area contributed by atoms with Gasteiger partial charge in [-0.25, -0.2) is 0 Å². The second kappa shape index (κ2) is 4.86. The van der Waals surface area contributed by atoms with Gasteiger partial charge in [0, 0.05) is 18.0 Å². The maximum Gasteiger partial charge on any atom is 0.227 e. The van der Waals surface area contributed by atoms with Gasteiger partial charge in [-0.05, 0) is 18.2 Å². The average molecular weight is 269 g/mol. The molecular weight excluding hydrogens is 256 g/mol. The zero-order valence-electron chi connectivity index (χ0n) is 9.85. The van der Waals surface area contributed by atoms with E-state index in [1.165, 1.54) is 12.0 Å². The van der Waals surface area contributed by atoms with Gasteiger partial charge in [0.2, 0.25) is 11.8 Å². The summed E-state index contributed by atoms with van der Waals surface area (Å²) in [7, 11) is 1.51. The molecule has 1 aliphatic heterocycles. The van der Waals surface area contributed by atoms with Crippen molar-refractivity contribution in [3.05, 3.63) is 23.2 Å². The normalized spacial score (nSPS) is 19.1. The number of amides is 2. The van der Waals surface area contributed by atoms with E-state index in [4.69, 9.17) is 22.1 Å². The van der Waals surface area contributed by atoms with Gasteiger partial charge in [0.05, 0.1) is 18.7 Å². The summed E-state index contributed by atoms with van der Waals surface area (Å²) >= 11 is 5.91. The monoisotopic (exact) mass is 268 g/mol. The van der Waals surface area contributed by atoms with E-state index in [0.29, 0.717) is 16.5 Å². The molecule has 1 heterocycles. The van der Waals surface area contributed by atoms with Crippen LogP contribution in [0.2, 0.25) is 5.02 Å². The minimum atomic E-state index is -0.466. The predicted molar refractivity (Wildman–Crippen MR) is 67.7 cm³/mol. The quantitative estimate of drug-likeness (QED) is 0.895. The Labute approximate surface area is 109 Å². The highest BCUT2D eigenvalue weighted by Gasteiger charge is 2.35. The van der Waals surface area contributed by atoms with E-state index >= 15 is 0 Å². The van der Waals surface area contributed by atoms with E-state index in [1.807, 2.05) is 0 Å². The Balaban J connectivity index is 2.34. The number of nitrogens with zero attached hydrogens (tertiary/aromatic N) is 1. The van der Waals surface area contributed by atoms with Gasteiger partial charge in [-0.15, -0.1) is 0 Å². The Morgan fingerprint density at radius 1 is 1.56 bits per heavy atom. The lowest BCUT2D eigenvalue weighted by atomic mass is 10.1. The maximum absolute atomic E-state index is 11.9. The summed E-state index contributed by atoms with van der Waals surface area (Å²) < 4.78 is 5.19. The first-order valence-corrected chi connectivity index (χ1v) is 5.84. The summed E-state index contributed by atoms with van der Waals surface area (Å²) in [5.41, 5.74) is 5.79. The Kier molecular flexibility index (Phi) is 3.43. The molecule has 1 fully saturated rings. The molecule has 0 aliphatic carbocycles. The number of methoxy groups -OCH3 is 1. The van der Waals surface area contributed by atoms with Gasteiger partial charge >= 0.3 is 0 Å². The molecule has 0 bridgehead atoms. The van der Waals surface area contributed by atoms with Crippen LogP contribution in [0.3, 0.4) is 0 Å². The number of anilines is 1. The minimum Gasteiger partial charge on any atom is -0.495 e. The Morgan fingerprint density at radius 2 is 2.28 bits per heavy atom. The molecule has 1 atom stereocenters. The number of rotatable bonds is 3. The largest absolute Gasteiger partial charge is 0.495 e. The summed E-state index contributed by atoms with van der Waals surface area (Å²) in [4.78, 5) is 24.5. The van der Waals surface area contributed by atoms with Crippen LogP contribution < -0.4 is 15.4 Å². The summed E-state index contributed by atoms with van der Waals surface area (Å²) in [6, 6.07) is 5.00. The van der Waals surface area contributed by atoms with Crippen LogP contribution in [0.1, 0.15) is 6.42 Å². The van der Waals surface area contributed by atoms with Crippen molar-refractivity contribution in [2.45, 2.75) is 6.42 Å². The van der Waals surface area contributed by atoms with Crippen LogP contribution >= 0.6 is 11.6 Å². The van der Waals surface area contributed by atoms with Gasteiger partial charge in [-0.3, -0.25) is 9.59 Å². The number of benzene rings is 1. The highest BCUT2D eigenvalue weighted by molar-refractivity contribution is 6.31. The van der Waals surface area contributed by atoms with Crippen LogP contribution in [0, 0.1) is 5.92 Å². The SMILES string of the molecule is COc1ccc(Cl)cc1N1C[C@H](C(N)=O)CC1=O. The smallest absolute Gasteiger partial charge is 0.227 e. The molecule has 0 saturated carbocycles. The predicted octanol–water partition coefficient (Wildman–Crippen LogP) is 1.19. The van der Waals surface area contributed by atoms with Crippen LogP contribution in [-0.4, -0.2) is 25.5 Å². The van der Waals surface area contributed by atoms with Crippen molar-refractivity contribution in [2.75, 3.05) is 18.6 Å². The molecule has 96 valence electrons. The third-order valence-electron chi connectivity index (χ3n) is 2.96. The highest BCUT2D eigenvalue weighted by Crippen LogP contribution is 2.35. The van der Waals surface area contributed by atoms with Crippen molar-refractivity contribution in [3.8, 4) is 5.75 Å². The fourth-order valence-corrected chi connectivity index (χ4v) is 2.17. The number of carbonyl (C=O) groups is 2. The van der Waals surface area contributed by atoms with E-state index in [0.717, 1.165) is 0 Å². The Morgan fingerprint density at radius 3 is 2.83 bits per heavy atom. The van der Waals surface area contributed by atoms with Crippen molar-refractivity contribution in [3.63, 3.8) is 0 Å². The van der Waals surface area contributed by atoms with Gasteiger partial charge in [0.25, 0.3) is 0 Å². The number of nitrogens with two attached hydrogens (primary N) is 1. The highest BCUT2D eigenvalue weighted by atomic mass is 35.5. The van der Waals surface area contributed by atoms with E-state index in [2.05, 4.69) is 0 Å². The molecular formula is C12H13ClN2O3. The van der Waals surface area contributed by atoms with Crippen LogP contribution in [0.5, 0.6) is 5.75 Å². The molecule has 2 rings (SSSR count). The molecule has 18 heavy (non-hydrogen) atoms. The van der Waals surface area contributed by atoms with Crippen LogP contribution in [0.15, 0.2) is 18.2 Å². The fourth-order valence-electron chi connectivity index (χ4n) is 2.01. The van der Waals surface area contributed by atoms with Crippen molar-refractivity contribution in [1.82, 2.24) is 0 Å². The van der Waals surface area contributed by atoms with Gasteiger partial charge in [-0.2, -0.15) is 0 Å². The third kappa shape index (κ3) is 2.26. The second-order valence-corrected chi connectivity index (χ2v) is 4.56. The summed E-state index contributed by atoms with van der Waals surface area (Å²) in [6.07, 6.45) is 0.130. The van der Waals surface area contributed by atoms with E-state index in [1.54, 1.807) is 18.2 Å². The standard InChI is InChI=1S/C12H13ClN2O3/c1-18-10-3-2-8(13)5-9(10)15-6-7(12(14)17)4-11(15)16/h2-3,5,7H,4,6H2,1H3,(H2,14,17)/t7-/m1/s1. The minimum absolute atomic E-state index is 0.130. The lowest BCUT2D eigenvalue weighted by Gasteiger charge is -2.19. The Bertz CT molecular complexity index is 504. The molecule has 1 aliphatic rings.